The Kier molecular flexibility index (Phi) is 4.04. The van der Waals surface area contributed by atoms with Gasteiger partial charge in [-0.3, -0.25) is 0 Å². The molecule has 0 unspecified atom stereocenters. The largest absolute Gasteiger partial charge is 0.313 e. The van der Waals surface area contributed by atoms with Gasteiger partial charge in [0.15, 0.2) is 0 Å². The van der Waals surface area contributed by atoms with Crippen LogP contribution in [-0.2, 0) is 10.0 Å². The molecule has 0 aromatic heterocycles. The van der Waals surface area contributed by atoms with Crippen LogP contribution in [0.25, 0.3) is 0 Å². The van der Waals surface area contributed by atoms with Crippen molar-refractivity contribution in [3.63, 3.8) is 0 Å². The Bertz CT molecular complexity index is 507. The molecule has 0 amide bonds. The molecule has 3 N–H and O–H groups in total. The first-order chi connectivity index (χ1) is 8.46. The predicted molar refractivity (Wildman–Crippen MR) is 72.9 cm³/mol. The maximum atomic E-state index is 10.8. The van der Waals surface area contributed by atoms with Crippen LogP contribution in [-0.4, -0.2) is 26.8 Å². The Labute approximate surface area is 109 Å². The molecule has 0 atom stereocenters. The van der Waals surface area contributed by atoms with Crippen molar-refractivity contribution in [2.24, 2.45) is 5.14 Å². The van der Waals surface area contributed by atoms with E-state index < -0.39 is 10.0 Å². The van der Waals surface area contributed by atoms with Crippen LogP contribution in [0.5, 0.6) is 0 Å². The van der Waals surface area contributed by atoms with Crippen LogP contribution in [0.1, 0.15) is 29.9 Å². The third-order valence-corrected chi connectivity index (χ3v) is 4.36. The SMILES string of the molecule is Cc1ccccc1C1CC(NCCS(N)(=O)=O)C1. The average Bonchev–Trinajstić information content (AvgIpc) is 2.21. The molecule has 0 heterocycles. The fourth-order valence-electron chi connectivity index (χ4n) is 2.49. The molecule has 2 rings (SSSR count). The zero-order valence-corrected chi connectivity index (χ0v) is 11.4. The second-order valence-electron chi connectivity index (χ2n) is 5.04. The van der Waals surface area contributed by atoms with E-state index in [2.05, 4.69) is 36.5 Å². The Morgan fingerprint density at radius 3 is 2.61 bits per heavy atom. The van der Waals surface area contributed by atoms with Crippen molar-refractivity contribution in [1.29, 1.82) is 0 Å². The maximum absolute atomic E-state index is 10.8. The molecule has 1 aliphatic rings. The molecule has 0 aliphatic heterocycles. The quantitative estimate of drug-likeness (QED) is 0.840. The van der Waals surface area contributed by atoms with Gasteiger partial charge in [-0.2, -0.15) is 0 Å². The molecule has 0 radical (unpaired) electrons. The molecule has 1 aromatic carbocycles. The molecule has 100 valence electrons. The molecule has 1 fully saturated rings. The number of benzene rings is 1. The summed E-state index contributed by atoms with van der Waals surface area (Å²) in [5.74, 6) is 0.622. The van der Waals surface area contributed by atoms with E-state index >= 15 is 0 Å². The van der Waals surface area contributed by atoms with Crippen molar-refractivity contribution in [2.45, 2.75) is 31.7 Å². The van der Waals surface area contributed by atoms with E-state index in [0.29, 0.717) is 18.5 Å². The predicted octanol–water partition coefficient (Wildman–Crippen LogP) is 1.12. The van der Waals surface area contributed by atoms with Crippen LogP contribution in [0.3, 0.4) is 0 Å². The smallest absolute Gasteiger partial charge is 0.210 e. The Morgan fingerprint density at radius 2 is 2.00 bits per heavy atom. The number of sulfonamides is 1. The molecule has 1 aromatic rings. The van der Waals surface area contributed by atoms with Gasteiger partial charge in [0.2, 0.25) is 10.0 Å². The van der Waals surface area contributed by atoms with Crippen LogP contribution in [0.4, 0.5) is 0 Å². The Morgan fingerprint density at radius 1 is 1.33 bits per heavy atom. The number of rotatable bonds is 5. The van der Waals surface area contributed by atoms with E-state index in [4.69, 9.17) is 5.14 Å². The minimum Gasteiger partial charge on any atom is -0.313 e. The average molecular weight is 268 g/mol. The third kappa shape index (κ3) is 3.54. The van der Waals surface area contributed by atoms with Crippen LogP contribution in [0.15, 0.2) is 24.3 Å². The van der Waals surface area contributed by atoms with Gasteiger partial charge in [-0.15, -0.1) is 0 Å². The summed E-state index contributed by atoms with van der Waals surface area (Å²) >= 11 is 0. The number of aryl methyl sites for hydroxylation is 1. The van der Waals surface area contributed by atoms with Gasteiger partial charge in [0.1, 0.15) is 0 Å². The molecular formula is C13H20N2O2S. The van der Waals surface area contributed by atoms with Gasteiger partial charge in [0.25, 0.3) is 0 Å². The molecule has 1 saturated carbocycles. The third-order valence-electron chi connectivity index (χ3n) is 3.59. The van der Waals surface area contributed by atoms with E-state index in [0.717, 1.165) is 12.8 Å². The lowest BCUT2D eigenvalue weighted by atomic mass is 9.74. The maximum Gasteiger partial charge on any atom is 0.210 e. The van der Waals surface area contributed by atoms with E-state index in [1.807, 2.05) is 0 Å². The highest BCUT2D eigenvalue weighted by molar-refractivity contribution is 7.89. The highest BCUT2D eigenvalue weighted by Gasteiger charge is 2.30. The molecule has 0 bridgehead atoms. The Hall–Kier alpha value is -0.910. The van der Waals surface area contributed by atoms with E-state index in [-0.39, 0.29) is 5.75 Å². The molecule has 0 spiro atoms. The van der Waals surface area contributed by atoms with Crippen molar-refractivity contribution in [3.8, 4) is 0 Å². The zero-order valence-electron chi connectivity index (χ0n) is 10.6. The summed E-state index contributed by atoms with van der Waals surface area (Å²) in [5, 5.41) is 8.19. The summed E-state index contributed by atoms with van der Waals surface area (Å²) < 4.78 is 21.6. The van der Waals surface area contributed by atoms with E-state index in [1.165, 1.54) is 11.1 Å². The van der Waals surface area contributed by atoms with Crippen molar-refractivity contribution in [1.82, 2.24) is 5.32 Å². The van der Waals surface area contributed by atoms with Gasteiger partial charge in [-0.1, -0.05) is 24.3 Å². The van der Waals surface area contributed by atoms with Gasteiger partial charge in [-0.05, 0) is 36.8 Å². The topological polar surface area (TPSA) is 72.2 Å². The first kappa shape index (κ1) is 13.5. The monoisotopic (exact) mass is 268 g/mol. The minimum absolute atomic E-state index is 0.0124. The second kappa shape index (κ2) is 5.38. The first-order valence-electron chi connectivity index (χ1n) is 6.25. The summed E-state index contributed by atoms with van der Waals surface area (Å²) in [5.41, 5.74) is 2.76. The van der Waals surface area contributed by atoms with Gasteiger partial charge >= 0.3 is 0 Å². The van der Waals surface area contributed by atoms with Crippen molar-refractivity contribution >= 4 is 10.0 Å². The van der Waals surface area contributed by atoms with E-state index in [1.54, 1.807) is 0 Å². The highest BCUT2D eigenvalue weighted by atomic mass is 32.2. The number of hydrogen-bond acceptors (Lipinski definition) is 3. The molecule has 1 aliphatic carbocycles. The number of primary sulfonamides is 1. The second-order valence-corrected chi connectivity index (χ2v) is 6.78. The van der Waals surface area contributed by atoms with Gasteiger partial charge in [0, 0.05) is 12.6 Å². The summed E-state index contributed by atoms with van der Waals surface area (Å²) in [4.78, 5) is 0. The lowest BCUT2D eigenvalue weighted by Gasteiger charge is -2.37. The number of nitrogens with two attached hydrogens (primary N) is 1. The zero-order chi connectivity index (χ0) is 13.2. The fraction of sp³-hybridized carbons (Fsp3) is 0.538. The van der Waals surface area contributed by atoms with Crippen LogP contribution >= 0.6 is 0 Å². The fourth-order valence-corrected chi connectivity index (χ4v) is 2.89. The summed E-state index contributed by atoms with van der Waals surface area (Å²) in [6.45, 7) is 2.58. The Balaban J connectivity index is 1.76. The van der Waals surface area contributed by atoms with E-state index in [9.17, 15) is 8.42 Å². The van der Waals surface area contributed by atoms with Gasteiger partial charge < -0.3 is 5.32 Å². The number of nitrogens with one attached hydrogen (secondary N) is 1. The van der Waals surface area contributed by atoms with Gasteiger partial charge in [-0.25, -0.2) is 13.6 Å². The van der Waals surface area contributed by atoms with Crippen LogP contribution in [0.2, 0.25) is 0 Å². The molecular weight excluding hydrogens is 248 g/mol. The lowest BCUT2D eigenvalue weighted by Crippen LogP contribution is -2.42. The van der Waals surface area contributed by atoms with Crippen molar-refractivity contribution in [3.05, 3.63) is 35.4 Å². The molecule has 0 saturated heterocycles. The first-order valence-corrected chi connectivity index (χ1v) is 7.96. The molecule has 5 heteroatoms. The molecule has 18 heavy (non-hydrogen) atoms. The minimum atomic E-state index is -3.34. The highest BCUT2D eigenvalue weighted by Crippen LogP contribution is 2.38. The number of hydrogen-bond donors (Lipinski definition) is 2. The van der Waals surface area contributed by atoms with Crippen molar-refractivity contribution < 1.29 is 8.42 Å². The van der Waals surface area contributed by atoms with Crippen LogP contribution in [0, 0.1) is 6.92 Å². The van der Waals surface area contributed by atoms with Crippen LogP contribution < -0.4 is 10.5 Å². The summed E-state index contributed by atoms with van der Waals surface area (Å²) in [7, 11) is -3.34. The normalized spacial score (nSPS) is 23.7. The lowest BCUT2D eigenvalue weighted by molar-refractivity contribution is 0.295. The standard InChI is InChI=1S/C13H20N2O2S/c1-10-4-2-3-5-13(10)11-8-12(9-11)15-6-7-18(14,16)17/h2-5,11-12,15H,6-9H2,1H3,(H2,14,16,17). The molecule has 4 nitrogen and oxygen atoms in total. The van der Waals surface area contributed by atoms with Crippen molar-refractivity contribution in [2.75, 3.05) is 12.3 Å². The summed E-state index contributed by atoms with van der Waals surface area (Å²) in [6.07, 6.45) is 2.16. The van der Waals surface area contributed by atoms with Gasteiger partial charge in [0.05, 0.1) is 5.75 Å². The summed E-state index contributed by atoms with van der Waals surface area (Å²) in [6, 6.07) is 8.87.